The lowest BCUT2D eigenvalue weighted by Crippen LogP contribution is -2.21. The summed E-state index contributed by atoms with van der Waals surface area (Å²) in [5, 5.41) is 8.88. The van der Waals surface area contributed by atoms with Gasteiger partial charge in [0.1, 0.15) is 5.25 Å². The molecule has 96 valence electrons. The highest BCUT2D eigenvalue weighted by Gasteiger charge is 2.20. The molecule has 7 heteroatoms. The maximum absolute atomic E-state index is 11.0. The summed E-state index contributed by atoms with van der Waals surface area (Å²) in [5.41, 5.74) is 7.84. The average Bonchev–Trinajstić information content (AvgIpc) is 2.69. The number of nitrogens with one attached hydrogen (secondary N) is 1. The molecule has 0 bridgehead atoms. The number of H-pyrrole nitrogens is 1. The second kappa shape index (κ2) is 5.28. The predicted molar refractivity (Wildman–Crippen MR) is 69.7 cm³/mol. The maximum Gasteiger partial charge on any atom is 0.319 e. The molecule has 1 atom stereocenters. The lowest BCUT2D eigenvalue weighted by molar-refractivity contribution is -0.137. The number of carbonyl (C=O) groups is 1. The molecule has 1 aromatic heterocycles. The third-order valence-corrected chi connectivity index (χ3v) is 3.37. The Morgan fingerprint density at radius 2 is 2.44 bits per heavy atom. The summed E-state index contributed by atoms with van der Waals surface area (Å²) in [7, 11) is 1.47. The normalized spacial score (nSPS) is 12.7. The molecule has 4 N–H and O–H groups in total. The van der Waals surface area contributed by atoms with E-state index in [2.05, 4.69) is 9.97 Å². The first-order valence-corrected chi connectivity index (χ1v) is 6.11. The predicted octanol–water partition coefficient (Wildman–Crippen LogP) is 1.34. The van der Waals surface area contributed by atoms with Crippen LogP contribution >= 0.6 is 11.8 Å². The molecule has 0 fully saturated rings. The Balaban J connectivity index is 2.22. The number of nitrogen functional groups attached to an aromatic ring is 1. The number of carboxylic acids is 1. The van der Waals surface area contributed by atoms with Gasteiger partial charge in [0.05, 0.1) is 17.6 Å². The summed E-state index contributed by atoms with van der Waals surface area (Å²) >= 11 is 1.12. The van der Waals surface area contributed by atoms with Gasteiger partial charge in [-0.15, -0.1) is 0 Å². The molecule has 2 rings (SSSR count). The average molecular weight is 267 g/mol. The summed E-state index contributed by atoms with van der Waals surface area (Å²) in [6, 6.07) is 5.30. The zero-order chi connectivity index (χ0) is 13.1. The highest BCUT2D eigenvalue weighted by Crippen LogP contribution is 2.24. The van der Waals surface area contributed by atoms with Crippen LogP contribution in [0.1, 0.15) is 0 Å². The van der Waals surface area contributed by atoms with E-state index in [1.54, 1.807) is 18.2 Å². The Morgan fingerprint density at radius 1 is 1.67 bits per heavy atom. The van der Waals surface area contributed by atoms with Crippen molar-refractivity contribution >= 4 is 34.5 Å². The highest BCUT2D eigenvalue weighted by molar-refractivity contribution is 8.00. The number of ether oxygens (including phenoxy) is 1. The minimum absolute atomic E-state index is 0.124. The molecule has 1 unspecified atom stereocenters. The van der Waals surface area contributed by atoms with Crippen molar-refractivity contribution in [3.63, 3.8) is 0 Å². The van der Waals surface area contributed by atoms with Crippen molar-refractivity contribution in [3.8, 4) is 0 Å². The first-order valence-electron chi connectivity index (χ1n) is 5.24. The van der Waals surface area contributed by atoms with E-state index in [1.165, 1.54) is 7.11 Å². The number of hydrogen-bond donors (Lipinski definition) is 3. The van der Waals surface area contributed by atoms with Gasteiger partial charge in [0.15, 0.2) is 5.16 Å². The number of benzene rings is 1. The fourth-order valence-corrected chi connectivity index (χ4v) is 2.40. The van der Waals surface area contributed by atoms with E-state index in [0.717, 1.165) is 22.8 Å². The minimum atomic E-state index is -0.929. The second-order valence-corrected chi connectivity index (χ2v) is 4.91. The molecule has 0 radical (unpaired) electrons. The molecule has 0 amide bonds. The number of aromatic nitrogens is 2. The van der Waals surface area contributed by atoms with Gasteiger partial charge in [-0.3, -0.25) is 4.79 Å². The molecule has 2 aromatic rings. The SMILES string of the molecule is COCC(Sc1nc2ccc(N)cc2[nH]1)C(=O)O. The summed E-state index contributed by atoms with van der Waals surface area (Å²) in [4.78, 5) is 18.3. The second-order valence-electron chi connectivity index (χ2n) is 3.72. The molecule has 0 saturated carbocycles. The molecule has 0 aliphatic carbocycles. The number of carboxylic acid groups (broad SMARTS) is 1. The van der Waals surface area contributed by atoms with E-state index >= 15 is 0 Å². The largest absolute Gasteiger partial charge is 0.480 e. The first kappa shape index (κ1) is 12.7. The summed E-state index contributed by atoms with van der Waals surface area (Å²) in [5.74, 6) is -0.929. The molecule has 6 nitrogen and oxygen atoms in total. The smallest absolute Gasteiger partial charge is 0.319 e. The first-order chi connectivity index (χ1) is 8.60. The van der Waals surface area contributed by atoms with Crippen molar-refractivity contribution in [3.05, 3.63) is 18.2 Å². The Kier molecular flexibility index (Phi) is 3.73. The van der Waals surface area contributed by atoms with E-state index in [-0.39, 0.29) is 6.61 Å². The number of anilines is 1. The molecule has 1 aromatic carbocycles. The molecule has 1 heterocycles. The third kappa shape index (κ3) is 2.74. The lowest BCUT2D eigenvalue weighted by Gasteiger charge is -2.07. The molecular weight excluding hydrogens is 254 g/mol. The number of nitrogens with zero attached hydrogens (tertiary/aromatic N) is 1. The van der Waals surface area contributed by atoms with Crippen LogP contribution in [0.5, 0.6) is 0 Å². The van der Waals surface area contributed by atoms with Crippen LogP contribution < -0.4 is 5.73 Å². The Labute approximate surface area is 108 Å². The van der Waals surface area contributed by atoms with Crippen LogP contribution in [0.3, 0.4) is 0 Å². The van der Waals surface area contributed by atoms with E-state index in [0.29, 0.717) is 10.8 Å². The quantitative estimate of drug-likeness (QED) is 0.558. The third-order valence-electron chi connectivity index (χ3n) is 2.33. The van der Waals surface area contributed by atoms with Gasteiger partial charge in [0.2, 0.25) is 0 Å². The molecular formula is C11H13N3O3S. The van der Waals surface area contributed by atoms with E-state index in [4.69, 9.17) is 15.6 Å². The number of aliphatic carboxylic acids is 1. The van der Waals surface area contributed by atoms with Crippen molar-refractivity contribution in [1.82, 2.24) is 9.97 Å². The Bertz CT molecular complexity index is 570. The fraction of sp³-hybridized carbons (Fsp3) is 0.273. The van der Waals surface area contributed by atoms with Crippen LogP contribution in [0.15, 0.2) is 23.4 Å². The van der Waals surface area contributed by atoms with Crippen LogP contribution in [0.25, 0.3) is 11.0 Å². The van der Waals surface area contributed by atoms with Gasteiger partial charge in [-0.1, -0.05) is 11.8 Å². The molecule has 18 heavy (non-hydrogen) atoms. The van der Waals surface area contributed by atoms with Gasteiger partial charge in [-0.05, 0) is 18.2 Å². The molecule has 0 aliphatic heterocycles. The van der Waals surface area contributed by atoms with Crippen molar-refractivity contribution in [2.75, 3.05) is 19.5 Å². The van der Waals surface area contributed by atoms with Gasteiger partial charge in [0, 0.05) is 12.8 Å². The minimum Gasteiger partial charge on any atom is -0.480 e. The summed E-state index contributed by atoms with van der Waals surface area (Å²) in [6.45, 7) is 0.124. The molecule has 0 saturated heterocycles. The standard InChI is InChI=1S/C11H13N3O3S/c1-17-5-9(10(15)16)18-11-13-7-3-2-6(12)4-8(7)14-11/h2-4,9H,5,12H2,1H3,(H,13,14)(H,15,16). The zero-order valence-corrected chi connectivity index (χ0v) is 10.5. The number of methoxy groups -OCH3 is 1. The van der Waals surface area contributed by atoms with Gasteiger partial charge in [-0.25, -0.2) is 4.98 Å². The number of imidazole rings is 1. The number of thioether (sulfide) groups is 1. The number of rotatable bonds is 5. The summed E-state index contributed by atoms with van der Waals surface area (Å²) < 4.78 is 4.87. The fourth-order valence-electron chi connectivity index (χ4n) is 1.50. The van der Waals surface area contributed by atoms with Crippen molar-refractivity contribution in [2.24, 2.45) is 0 Å². The van der Waals surface area contributed by atoms with Gasteiger partial charge >= 0.3 is 5.97 Å². The number of nitrogens with two attached hydrogens (primary N) is 1. The van der Waals surface area contributed by atoms with Crippen molar-refractivity contribution in [1.29, 1.82) is 0 Å². The number of hydrogen-bond acceptors (Lipinski definition) is 5. The monoisotopic (exact) mass is 267 g/mol. The summed E-state index contributed by atoms with van der Waals surface area (Å²) in [6.07, 6.45) is 0. The van der Waals surface area contributed by atoms with Crippen LogP contribution in [-0.4, -0.2) is 40.0 Å². The lowest BCUT2D eigenvalue weighted by atomic mass is 10.3. The molecule has 0 spiro atoms. The van der Waals surface area contributed by atoms with Gasteiger partial charge < -0.3 is 20.6 Å². The van der Waals surface area contributed by atoms with Gasteiger partial charge in [-0.2, -0.15) is 0 Å². The number of aromatic amines is 1. The van der Waals surface area contributed by atoms with E-state index in [9.17, 15) is 4.79 Å². The van der Waals surface area contributed by atoms with Gasteiger partial charge in [0.25, 0.3) is 0 Å². The van der Waals surface area contributed by atoms with Crippen molar-refractivity contribution < 1.29 is 14.6 Å². The zero-order valence-electron chi connectivity index (χ0n) is 9.71. The highest BCUT2D eigenvalue weighted by atomic mass is 32.2. The van der Waals surface area contributed by atoms with E-state index in [1.807, 2.05) is 0 Å². The Hall–Kier alpha value is -1.73. The van der Waals surface area contributed by atoms with E-state index < -0.39 is 11.2 Å². The van der Waals surface area contributed by atoms with Crippen LogP contribution in [0.4, 0.5) is 5.69 Å². The maximum atomic E-state index is 11.0. The molecule has 0 aliphatic rings. The Morgan fingerprint density at radius 3 is 3.11 bits per heavy atom. The van der Waals surface area contributed by atoms with Crippen LogP contribution in [0.2, 0.25) is 0 Å². The van der Waals surface area contributed by atoms with Crippen molar-refractivity contribution in [2.45, 2.75) is 10.4 Å². The van der Waals surface area contributed by atoms with Crippen LogP contribution in [-0.2, 0) is 9.53 Å². The topological polar surface area (TPSA) is 101 Å². The number of fused-ring (bicyclic) bond motifs is 1. The van der Waals surface area contributed by atoms with Crippen LogP contribution in [0, 0.1) is 0 Å².